The minimum Gasteiger partial charge on any atom is -0.365 e. The Morgan fingerprint density at radius 2 is 1.92 bits per heavy atom. The van der Waals surface area contributed by atoms with E-state index >= 15 is 0 Å². The zero-order valence-corrected chi connectivity index (χ0v) is 8.61. The van der Waals surface area contributed by atoms with Gasteiger partial charge in [-0.05, 0) is 28.2 Å². The Hall–Kier alpha value is -0.160. The van der Waals surface area contributed by atoms with Crippen molar-refractivity contribution in [3.8, 4) is 0 Å². The van der Waals surface area contributed by atoms with Crippen LogP contribution in [0.4, 0.5) is 0 Å². The van der Waals surface area contributed by atoms with Gasteiger partial charge < -0.3 is 4.74 Å². The molecule has 1 heterocycles. The molecule has 72 valence electrons. The Morgan fingerprint density at radius 1 is 1.33 bits per heavy atom. The first kappa shape index (κ1) is 9.92. The summed E-state index contributed by atoms with van der Waals surface area (Å²) in [5.74, 6) is 0. The number of rotatable bonds is 2. The highest BCUT2D eigenvalue weighted by Gasteiger charge is 2.35. The summed E-state index contributed by atoms with van der Waals surface area (Å²) >= 11 is 0. The number of methoxy groups -OCH3 is 1. The van der Waals surface area contributed by atoms with Crippen molar-refractivity contribution in [2.45, 2.75) is 12.5 Å². The molecule has 0 aromatic rings. The van der Waals surface area contributed by atoms with Crippen LogP contribution in [0.25, 0.3) is 0 Å². The zero-order chi connectivity index (χ0) is 9.30. The lowest BCUT2D eigenvalue weighted by molar-refractivity contribution is -0.0343. The average molecular weight is 173 g/mol. The number of likely N-dealkylation sites (N-methyl/N-ethyl adjacent to an activating group) is 2. The summed E-state index contributed by atoms with van der Waals surface area (Å²) in [6.45, 7) is 0.968. The summed E-state index contributed by atoms with van der Waals surface area (Å²) < 4.78 is 5.33. The summed E-state index contributed by atoms with van der Waals surface area (Å²) in [5, 5.41) is 0. The highest BCUT2D eigenvalue weighted by molar-refractivity contribution is 4.79. The van der Waals surface area contributed by atoms with Crippen LogP contribution in [-0.4, -0.2) is 69.1 Å². The topological polar surface area (TPSA) is 19.0 Å². The molecule has 0 spiro atoms. The first-order valence-electron chi connectivity index (χ1n) is 4.19. The Labute approximate surface area is 74.7 Å². The van der Waals surface area contributed by atoms with E-state index in [0.717, 1.165) is 6.54 Å². The van der Waals surface area contributed by atoms with Gasteiger partial charge in [0.2, 0.25) is 0 Å². The van der Waals surface area contributed by atoms with Crippen molar-refractivity contribution in [3.05, 3.63) is 0 Å². The molecule has 0 aliphatic carbocycles. The van der Waals surface area contributed by atoms with Gasteiger partial charge in [-0.2, -0.15) is 0 Å². The van der Waals surface area contributed by atoms with Crippen LogP contribution < -0.4 is 0 Å². The van der Waals surface area contributed by atoms with Gasteiger partial charge in [-0.15, -0.1) is 0 Å². The number of ether oxygens (including phenoxy) is 1. The van der Waals surface area contributed by atoms with Crippen molar-refractivity contribution in [3.63, 3.8) is 0 Å². The van der Waals surface area contributed by atoms with Crippen molar-refractivity contribution in [2.24, 2.45) is 0 Å². The van der Waals surface area contributed by atoms with Crippen LogP contribution in [0.15, 0.2) is 0 Å². The second-order valence-electron chi connectivity index (χ2n) is 3.61. The van der Waals surface area contributed by atoms with Crippen LogP contribution in [0.1, 0.15) is 0 Å². The minimum atomic E-state index is 0.224. The highest BCUT2D eigenvalue weighted by atomic mass is 16.5. The van der Waals surface area contributed by atoms with Gasteiger partial charge in [-0.25, -0.2) is 0 Å². The SMILES string of the molecule is COC1CN(C)C(N(C)C)N1C. The second-order valence-corrected chi connectivity index (χ2v) is 3.61. The molecule has 0 aromatic heterocycles. The lowest BCUT2D eigenvalue weighted by Crippen LogP contribution is -2.47. The van der Waals surface area contributed by atoms with E-state index in [9.17, 15) is 0 Å². The third-order valence-electron chi connectivity index (χ3n) is 2.39. The molecule has 2 atom stereocenters. The Bertz CT molecular complexity index is 151. The quantitative estimate of drug-likeness (QED) is 0.569. The van der Waals surface area contributed by atoms with Crippen LogP contribution in [-0.2, 0) is 4.74 Å². The second kappa shape index (κ2) is 3.70. The molecule has 1 rings (SSSR count). The minimum absolute atomic E-state index is 0.224. The van der Waals surface area contributed by atoms with Gasteiger partial charge in [0.05, 0.1) is 0 Å². The first-order chi connectivity index (χ1) is 5.57. The summed E-state index contributed by atoms with van der Waals surface area (Å²) in [5.41, 5.74) is 0. The van der Waals surface area contributed by atoms with Gasteiger partial charge in [-0.1, -0.05) is 0 Å². The number of nitrogens with zero attached hydrogens (tertiary/aromatic N) is 3. The van der Waals surface area contributed by atoms with Crippen LogP contribution >= 0.6 is 0 Å². The van der Waals surface area contributed by atoms with Crippen molar-refractivity contribution in [2.75, 3.05) is 41.8 Å². The molecule has 0 saturated carbocycles. The van der Waals surface area contributed by atoms with Gasteiger partial charge in [0.1, 0.15) is 12.5 Å². The van der Waals surface area contributed by atoms with E-state index in [1.54, 1.807) is 7.11 Å². The summed E-state index contributed by atoms with van der Waals surface area (Å²) in [6.07, 6.45) is 0.581. The van der Waals surface area contributed by atoms with E-state index in [4.69, 9.17) is 4.74 Å². The maximum atomic E-state index is 5.33. The van der Waals surface area contributed by atoms with Crippen LogP contribution in [0.5, 0.6) is 0 Å². The molecule has 0 radical (unpaired) electrons. The molecular weight excluding hydrogens is 154 g/mol. The fraction of sp³-hybridized carbons (Fsp3) is 1.00. The molecular formula is C8H19N3O. The largest absolute Gasteiger partial charge is 0.365 e. The summed E-state index contributed by atoms with van der Waals surface area (Å²) in [7, 11) is 10.1. The molecule has 4 nitrogen and oxygen atoms in total. The van der Waals surface area contributed by atoms with Crippen molar-refractivity contribution >= 4 is 0 Å². The van der Waals surface area contributed by atoms with Gasteiger partial charge in [0.15, 0.2) is 0 Å². The monoisotopic (exact) mass is 173 g/mol. The Morgan fingerprint density at radius 3 is 2.17 bits per heavy atom. The van der Waals surface area contributed by atoms with Crippen LogP contribution in [0, 0.1) is 0 Å². The Balaban J connectivity index is 2.63. The molecule has 0 N–H and O–H groups in total. The van der Waals surface area contributed by atoms with Crippen molar-refractivity contribution in [1.29, 1.82) is 0 Å². The third kappa shape index (κ3) is 1.61. The lowest BCUT2D eigenvalue weighted by atomic mass is 10.5. The molecule has 12 heavy (non-hydrogen) atoms. The maximum absolute atomic E-state index is 5.33. The van der Waals surface area contributed by atoms with E-state index in [1.807, 2.05) is 0 Å². The molecule has 1 aliphatic rings. The predicted octanol–water partition coefficient (Wildman–Crippen LogP) is -0.319. The molecule has 0 aromatic carbocycles. The normalized spacial score (nSPS) is 33.5. The van der Waals surface area contributed by atoms with E-state index in [2.05, 4.69) is 42.9 Å². The first-order valence-corrected chi connectivity index (χ1v) is 4.19. The molecule has 4 heteroatoms. The van der Waals surface area contributed by atoms with E-state index in [0.29, 0.717) is 6.29 Å². The van der Waals surface area contributed by atoms with Crippen LogP contribution in [0.3, 0.4) is 0 Å². The van der Waals surface area contributed by atoms with E-state index < -0.39 is 0 Å². The van der Waals surface area contributed by atoms with Crippen molar-refractivity contribution < 1.29 is 4.74 Å². The van der Waals surface area contributed by atoms with E-state index in [1.165, 1.54) is 0 Å². The molecule has 2 unspecified atom stereocenters. The maximum Gasteiger partial charge on any atom is 0.125 e. The van der Waals surface area contributed by atoms with E-state index in [-0.39, 0.29) is 6.23 Å². The fourth-order valence-corrected chi connectivity index (χ4v) is 1.93. The standard InChI is InChI=1S/C8H19N3O/c1-9(2)8-10(3)6-7(12-5)11(8)4/h7-8H,6H2,1-5H3. The number of hydrogen-bond acceptors (Lipinski definition) is 4. The van der Waals surface area contributed by atoms with Crippen molar-refractivity contribution in [1.82, 2.24) is 14.7 Å². The third-order valence-corrected chi connectivity index (χ3v) is 2.39. The van der Waals surface area contributed by atoms with Gasteiger partial charge in [0.25, 0.3) is 0 Å². The summed E-state index contributed by atoms with van der Waals surface area (Å²) in [4.78, 5) is 6.67. The summed E-state index contributed by atoms with van der Waals surface area (Å²) in [6, 6.07) is 0. The van der Waals surface area contributed by atoms with Gasteiger partial charge >= 0.3 is 0 Å². The molecule has 1 aliphatic heterocycles. The highest BCUT2D eigenvalue weighted by Crippen LogP contribution is 2.18. The predicted molar refractivity (Wildman–Crippen MR) is 48.7 cm³/mol. The molecule has 0 amide bonds. The number of hydrogen-bond donors (Lipinski definition) is 0. The lowest BCUT2D eigenvalue weighted by Gasteiger charge is -2.31. The average Bonchev–Trinajstić information content (AvgIpc) is 2.25. The van der Waals surface area contributed by atoms with Gasteiger partial charge in [-0.3, -0.25) is 14.7 Å². The molecule has 1 saturated heterocycles. The van der Waals surface area contributed by atoms with Gasteiger partial charge in [0, 0.05) is 13.7 Å². The molecule has 1 fully saturated rings. The smallest absolute Gasteiger partial charge is 0.125 e. The molecule has 0 bridgehead atoms. The Kier molecular flexibility index (Phi) is 3.06. The van der Waals surface area contributed by atoms with Crippen LogP contribution in [0.2, 0.25) is 0 Å². The fourth-order valence-electron chi connectivity index (χ4n) is 1.93. The zero-order valence-electron chi connectivity index (χ0n) is 8.61.